The first kappa shape index (κ1) is 16.1. The normalized spacial score (nSPS) is 15.3. The predicted octanol–water partition coefficient (Wildman–Crippen LogP) is 3.79. The van der Waals surface area contributed by atoms with Gasteiger partial charge in [-0.05, 0) is 42.8 Å². The van der Waals surface area contributed by atoms with Gasteiger partial charge in [0.1, 0.15) is 5.71 Å². The number of hydrogen-bond acceptors (Lipinski definition) is 5. The highest BCUT2D eigenvalue weighted by atomic mass is 35.5. The fraction of sp³-hybridized carbons (Fsp3) is 0.111. The van der Waals surface area contributed by atoms with Crippen LogP contribution in [0.2, 0.25) is 5.02 Å². The van der Waals surface area contributed by atoms with Crippen molar-refractivity contribution in [3.05, 3.63) is 64.2 Å². The summed E-state index contributed by atoms with van der Waals surface area (Å²) in [5.41, 5.74) is 2.17. The van der Waals surface area contributed by atoms with Crippen LogP contribution in [0.1, 0.15) is 18.1 Å². The van der Waals surface area contributed by atoms with Gasteiger partial charge in [0.05, 0.1) is 12.2 Å². The maximum Gasteiger partial charge on any atom is 0.368 e. The summed E-state index contributed by atoms with van der Waals surface area (Å²) in [5.74, 6) is -0.145. The second-order valence-electron chi connectivity index (χ2n) is 5.04. The molecule has 5 nitrogen and oxygen atoms in total. The van der Waals surface area contributed by atoms with E-state index >= 15 is 0 Å². The lowest BCUT2D eigenvalue weighted by Crippen LogP contribution is -2.06. The maximum atomic E-state index is 12.0. The second-order valence-corrected chi connectivity index (χ2v) is 5.48. The number of rotatable bonds is 4. The minimum Gasteiger partial charge on any atom is -0.504 e. The Bertz CT molecular complexity index is 841. The number of ether oxygens (including phenoxy) is 1. The van der Waals surface area contributed by atoms with Gasteiger partial charge in [0, 0.05) is 10.6 Å². The number of aromatic hydroxyl groups is 1. The van der Waals surface area contributed by atoms with E-state index in [1.165, 1.54) is 6.07 Å². The molecule has 0 saturated carbocycles. The molecule has 1 heterocycles. The van der Waals surface area contributed by atoms with Crippen LogP contribution in [-0.4, -0.2) is 23.4 Å². The zero-order valence-corrected chi connectivity index (χ0v) is 13.6. The molecule has 0 aliphatic carbocycles. The number of phenolic OH excluding ortho intramolecular Hbond substituents is 1. The van der Waals surface area contributed by atoms with E-state index in [1.807, 2.05) is 6.92 Å². The van der Waals surface area contributed by atoms with Gasteiger partial charge < -0.3 is 14.7 Å². The largest absolute Gasteiger partial charge is 0.504 e. The first-order chi connectivity index (χ1) is 11.6. The topological polar surface area (TPSA) is 68.1 Å². The van der Waals surface area contributed by atoms with Gasteiger partial charge in [0.25, 0.3) is 0 Å². The lowest BCUT2D eigenvalue weighted by Gasteiger charge is -2.07. The number of carbonyl (C=O) groups excluding carboxylic acids is 1. The monoisotopic (exact) mass is 343 g/mol. The van der Waals surface area contributed by atoms with E-state index in [2.05, 4.69) is 5.16 Å². The number of phenols is 1. The Kier molecular flexibility index (Phi) is 4.53. The third kappa shape index (κ3) is 3.26. The van der Waals surface area contributed by atoms with Crippen LogP contribution in [0.4, 0.5) is 0 Å². The highest BCUT2D eigenvalue weighted by Gasteiger charge is 2.26. The van der Waals surface area contributed by atoms with E-state index in [4.69, 9.17) is 21.2 Å². The van der Waals surface area contributed by atoms with E-state index < -0.39 is 5.97 Å². The molecule has 3 rings (SSSR count). The smallest absolute Gasteiger partial charge is 0.368 e. The molecular weight excluding hydrogens is 330 g/mol. The Balaban J connectivity index is 1.98. The second kappa shape index (κ2) is 6.76. The lowest BCUT2D eigenvalue weighted by molar-refractivity contribution is -0.136. The Morgan fingerprint density at radius 1 is 1.25 bits per heavy atom. The summed E-state index contributed by atoms with van der Waals surface area (Å²) in [6, 6.07) is 11.8. The van der Waals surface area contributed by atoms with Crippen molar-refractivity contribution in [2.75, 3.05) is 6.61 Å². The van der Waals surface area contributed by atoms with E-state index in [9.17, 15) is 9.90 Å². The van der Waals surface area contributed by atoms with Gasteiger partial charge >= 0.3 is 5.97 Å². The molecule has 0 fully saturated rings. The molecule has 6 heteroatoms. The average molecular weight is 344 g/mol. The van der Waals surface area contributed by atoms with Gasteiger partial charge in [0.2, 0.25) is 0 Å². The summed E-state index contributed by atoms with van der Waals surface area (Å²) >= 11 is 5.88. The van der Waals surface area contributed by atoms with E-state index in [0.29, 0.717) is 34.2 Å². The molecule has 0 radical (unpaired) electrons. The third-order valence-electron chi connectivity index (χ3n) is 3.41. The van der Waals surface area contributed by atoms with Crippen LogP contribution in [0.3, 0.4) is 0 Å². The number of hydrogen-bond donors (Lipinski definition) is 1. The van der Waals surface area contributed by atoms with Crippen molar-refractivity contribution in [1.29, 1.82) is 0 Å². The standard InChI is InChI=1S/C18H14ClNO4/c1-2-23-16-10-11(3-8-15(16)21)9-14-17(20-24-18(14)22)12-4-6-13(19)7-5-12/h3-10,21H,2H2,1H3/b14-9+. The molecule has 1 N–H and O–H groups in total. The first-order valence-electron chi connectivity index (χ1n) is 7.31. The SMILES string of the molecule is CCOc1cc(/C=C2/C(=O)ON=C2c2ccc(Cl)cc2)ccc1O. The number of nitrogens with zero attached hydrogens (tertiary/aromatic N) is 1. The molecule has 2 aromatic carbocycles. The van der Waals surface area contributed by atoms with Crippen molar-refractivity contribution in [3.8, 4) is 11.5 Å². The van der Waals surface area contributed by atoms with Gasteiger partial charge in [0.15, 0.2) is 11.5 Å². The van der Waals surface area contributed by atoms with Crippen LogP contribution >= 0.6 is 11.6 Å². The fourth-order valence-corrected chi connectivity index (χ4v) is 2.41. The van der Waals surface area contributed by atoms with Crippen molar-refractivity contribution in [2.45, 2.75) is 6.92 Å². The van der Waals surface area contributed by atoms with Crippen LogP contribution in [0, 0.1) is 0 Å². The van der Waals surface area contributed by atoms with E-state index in [-0.39, 0.29) is 5.75 Å². The number of oxime groups is 1. The van der Waals surface area contributed by atoms with Gasteiger partial charge in [-0.2, -0.15) is 0 Å². The third-order valence-corrected chi connectivity index (χ3v) is 3.66. The molecule has 1 aliphatic heterocycles. The van der Waals surface area contributed by atoms with Crippen LogP contribution in [0.25, 0.3) is 6.08 Å². The Morgan fingerprint density at radius 3 is 2.71 bits per heavy atom. The Morgan fingerprint density at radius 2 is 2.00 bits per heavy atom. The summed E-state index contributed by atoms with van der Waals surface area (Å²) in [7, 11) is 0. The maximum absolute atomic E-state index is 12.0. The predicted molar refractivity (Wildman–Crippen MR) is 91.3 cm³/mol. The fourth-order valence-electron chi connectivity index (χ4n) is 2.28. The lowest BCUT2D eigenvalue weighted by atomic mass is 10.0. The molecule has 1 aliphatic rings. The summed E-state index contributed by atoms with van der Waals surface area (Å²) in [4.78, 5) is 16.8. The number of halogens is 1. The molecule has 0 aromatic heterocycles. The van der Waals surface area contributed by atoms with Crippen molar-refractivity contribution >= 4 is 29.4 Å². The van der Waals surface area contributed by atoms with Crippen LogP contribution in [-0.2, 0) is 9.63 Å². The van der Waals surface area contributed by atoms with E-state index in [1.54, 1.807) is 42.5 Å². The molecule has 0 bridgehead atoms. The van der Waals surface area contributed by atoms with E-state index in [0.717, 1.165) is 5.56 Å². The molecular formula is C18H14ClNO4. The first-order valence-corrected chi connectivity index (χ1v) is 7.69. The zero-order valence-electron chi connectivity index (χ0n) is 12.8. The Labute approximate surface area is 143 Å². The van der Waals surface area contributed by atoms with Crippen molar-refractivity contribution in [3.63, 3.8) is 0 Å². The van der Waals surface area contributed by atoms with Gasteiger partial charge in [-0.15, -0.1) is 0 Å². The summed E-state index contributed by atoms with van der Waals surface area (Å²) in [5, 5.41) is 14.2. The molecule has 0 saturated heterocycles. The van der Waals surface area contributed by atoms with Crippen molar-refractivity contribution < 1.29 is 19.5 Å². The van der Waals surface area contributed by atoms with Gasteiger partial charge in [-0.25, -0.2) is 4.79 Å². The quantitative estimate of drug-likeness (QED) is 0.677. The molecule has 0 spiro atoms. The molecule has 0 atom stereocenters. The summed E-state index contributed by atoms with van der Waals surface area (Å²) in [6.07, 6.45) is 1.64. The number of benzene rings is 2. The molecule has 2 aromatic rings. The molecule has 0 amide bonds. The minimum absolute atomic E-state index is 0.0413. The molecule has 122 valence electrons. The van der Waals surface area contributed by atoms with Gasteiger partial charge in [-0.1, -0.05) is 35.0 Å². The number of carbonyl (C=O) groups is 1. The summed E-state index contributed by atoms with van der Waals surface area (Å²) < 4.78 is 5.35. The summed E-state index contributed by atoms with van der Waals surface area (Å²) in [6.45, 7) is 2.25. The molecule has 24 heavy (non-hydrogen) atoms. The van der Waals surface area contributed by atoms with Crippen LogP contribution in [0.5, 0.6) is 11.5 Å². The van der Waals surface area contributed by atoms with Crippen molar-refractivity contribution in [2.24, 2.45) is 5.16 Å². The minimum atomic E-state index is -0.536. The Hall–Kier alpha value is -2.79. The highest BCUT2D eigenvalue weighted by Crippen LogP contribution is 2.29. The zero-order chi connectivity index (χ0) is 17.1. The van der Waals surface area contributed by atoms with Crippen LogP contribution < -0.4 is 4.74 Å². The van der Waals surface area contributed by atoms with Crippen LogP contribution in [0.15, 0.2) is 53.2 Å². The average Bonchev–Trinajstić information content (AvgIpc) is 2.93. The van der Waals surface area contributed by atoms with Crippen molar-refractivity contribution in [1.82, 2.24) is 0 Å². The van der Waals surface area contributed by atoms with Gasteiger partial charge in [-0.3, -0.25) is 0 Å². The highest BCUT2D eigenvalue weighted by molar-refractivity contribution is 6.32. The molecule has 0 unspecified atom stereocenters.